The lowest BCUT2D eigenvalue weighted by Crippen LogP contribution is -1.84. The Labute approximate surface area is 87.6 Å². The van der Waals surface area contributed by atoms with Crippen molar-refractivity contribution in [2.24, 2.45) is 0 Å². The first-order chi connectivity index (χ1) is 7.33. The van der Waals surface area contributed by atoms with E-state index < -0.39 is 0 Å². The number of aromatic nitrogens is 2. The Hall–Kier alpha value is -1.68. The van der Waals surface area contributed by atoms with Crippen molar-refractivity contribution in [1.82, 2.24) is 10.1 Å². The SMILES string of the molecule is CCc1ccc(-c2noc(CO)n2)cc1. The van der Waals surface area contributed by atoms with E-state index in [-0.39, 0.29) is 12.5 Å². The Morgan fingerprint density at radius 1 is 1.27 bits per heavy atom. The van der Waals surface area contributed by atoms with Gasteiger partial charge in [0.05, 0.1) is 0 Å². The molecule has 1 aromatic heterocycles. The number of rotatable bonds is 3. The van der Waals surface area contributed by atoms with E-state index in [2.05, 4.69) is 17.1 Å². The minimum atomic E-state index is -0.222. The summed E-state index contributed by atoms with van der Waals surface area (Å²) in [6.45, 7) is 1.88. The number of hydrogen-bond acceptors (Lipinski definition) is 4. The molecule has 4 heteroatoms. The maximum Gasteiger partial charge on any atom is 0.252 e. The van der Waals surface area contributed by atoms with Crippen molar-refractivity contribution >= 4 is 0 Å². The van der Waals surface area contributed by atoms with E-state index in [0.717, 1.165) is 12.0 Å². The van der Waals surface area contributed by atoms with Gasteiger partial charge in [-0.05, 0) is 12.0 Å². The number of nitrogens with zero attached hydrogens (tertiary/aromatic N) is 2. The first-order valence-electron chi connectivity index (χ1n) is 4.86. The molecule has 1 aromatic carbocycles. The fraction of sp³-hybridized carbons (Fsp3) is 0.273. The fourth-order valence-electron chi connectivity index (χ4n) is 1.33. The van der Waals surface area contributed by atoms with Gasteiger partial charge in [0.2, 0.25) is 5.82 Å². The second-order valence-corrected chi connectivity index (χ2v) is 3.22. The van der Waals surface area contributed by atoms with Crippen LogP contribution in [0.1, 0.15) is 18.4 Å². The molecule has 0 bridgehead atoms. The third-order valence-electron chi connectivity index (χ3n) is 2.22. The quantitative estimate of drug-likeness (QED) is 0.828. The Morgan fingerprint density at radius 3 is 2.53 bits per heavy atom. The zero-order valence-corrected chi connectivity index (χ0v) is 8.47. The maximum atomic E-state index is 8.78. The molecule has 1 heterocycles. The topological polar surface area (TPSA) is 59.2 Å². The van der Waals surface area contributed by atoms with E-state index in [1.807, 2.05) is 24.3 Å². The van der Waals surface area contributed by atoms with Crippen LogP contribution in [0.25, 0.3) is 11.4 Å². The average molecular weight is 204 g/mol. The zero-order valence-electron chi connectivity index (χ0n) is 8.47. The smallest absolute Gasteiger partial charge is 0.252 e. The molecule has 0 atom stereocenters. The van der Waals surface area contributed by atoms with Crippen molar-refractivity contribution in [1.29, 1.82) is 0 Å². The summed E-state index contributed by atoms with van der Waals surface area (Å²) < 4.78 is 4.81. The second kappa shape index (κ2) is 4.23. The largest absolute Gasteiger partial charge is 0.387 e. The number of aliphatic hydroxyl groups is 1. The monoisotopic (exact) mass is 204 g/mol. The third kappa shape index (κ3) is 2.05. The van der Waals surface area contributed by atoms with Gasteiger partial charge in [-0.25, -0.2) is 0 Å². The number of benzene rings is 1. The molecule has 4 nitrogen and oxygen atoms in total. The molecular weight excluding hydrogens is 192 g/mol. The molecule has 2 aromatic rings. The number of aliphatic hydroxyl groups excluding tert-OH is 1. The highest BCUT2D eigenvalue weighted by atomic mass is 16.5. The molecule has 0 radical (unpaired) electrons. The minimum absolute atomic E-state index is 0.222. The lowest BCUT2D eigenvalue weighted by atomic mass is 10.1. The zero-order chi connectivity index (χ0) is 10.7. The standard InChI is InChI=1S/C11H12N2O2/c1-2-8-3-5-9(6-4-8)11-12-10(7-14)15-13-11/h3-6,14H,2,7H2,1H3. The second-order valence-electron chi connectivity index (χ2n) is 3.22. The van der Waals surface area contributed by atoms with Crippen molar-refractivity contribution < 1.29 is 9.63 Å². The van der Waals surface area contributed by atoms with Gasteiger partial charge in [-0.2, -0.15) is 4.98 Å². The Bertz CT molecular complexity index is 434. The molecule has 15 heavy (non-hydrogen) atoms. The molecule has 2 rings (SSSR count). The van der Waals surface area contributed by atoms with Gasteiger partial charge in [0.1, 0.15) is 6.61 Å². The lowest BCUT2D eigenvalue weighted by molar-refractivity contribution is 0.222. The van der Waals surface area contributed by atoms with E-state index in [4.69, 9.17) is 9.63 Å². The molecule has 0 amide bonds. The van der Waals surface area contributed by atoms with Crippen LogP contribution in [-0.4, -0.2) is 15.2 Å². The predicted octanol–water partition coefficient (Wildman–Crippen LogP) is 1.79. The minimum Gasteiger partial charge on any atom is -0.387 e. The van der Waals surface area contributed by atoms with Crippen molar-refractivity contribution in [3.05, 3.63) is 35.7 Å². The van der Waals surface area contributed by atoms with E-state index in [1.54, 1.807) is 0 Å². The molecule has 0 aliphatic carbocycles. The third-order valence-corrected chi connectivity index (χ3v) is 2.22. The molecule has 0 spiro atoms. The van der Waals surface area contributed by atoms with E-state index in [9.17, 15) is 0 Å². The molecule has 78 valence electrons. The Kier molecular flexibility index (Phi) is 2.78. The summed E-state index contributed by atoms with van der Waals surface area (Å²) in [5.41, 5.74) is 2.17. The summed E-state index contributed by atoms with van der Waals surface area (Å²) in [6.07, 6.45) is 1.01. The van der Waals surface area contributed by atoms with Crippen LogP contribution in [0.4, 0.5) is 0 Å². The van der Waals surface area contributed by atoms with Crippen molar-refractivity contribution in [2.75, 3.05) is 0 Å². The van der Waals surface area contributed by atoms with Crippen LogP contribution in [0.5, 0.6) is 0 Å². The van der Waals surface area contributed by atoms with Crippen LogP contribution in [0.15, 0.2) is 28.8 Å². The van der Waals surface area contributed by atoms with E-state index >= 15 is 0 Å². The summed E-state index contributed by atoms with van der Waals surface area (Å²) in [5, 5.41) is 12.6. The summed E-state index contributed by atoms with van der Waals surface area (Å²) in [7, 11) is 0. The van der Waals surface area contributed by atoms with E-state index in [0.29, 0.717) is 5.82 Å². The van der Waals surface area contributed by atoms with Crippen LogP contribution in [0.3, 0.4) is 0 Å². The Balaban J connectivity index is 2.28. The molecule has 0 fully saturated rings. The maximum absolute atomic E-state index is 8.78. The number of aryl methyl sites for hydroxylation is 1. The van der Waals surface area contributed by atoms with E-state index in [1.165, 1.54) is 5.56 Å². The fourth-order valence-corrected chi connectivity index (χ4v) is 1.33. The van der Waals surface area contributed by atoms with Gasteiger partial charge in [-0.15, -0.1) is 0 Å². The lowest BCUT2D eigenvalue weighted by Gasteiger charge is -1.96. The van der Waals surface area contributed by atoms with Crippen molar-refractivity contribution in [3.63, 3.8) is 0 Å². The van der Waals surface area contributed by atoms with Gasteiger partial charge in [0, 0.05) is 5.56 Å². The molecule has 0 saturated carbocycles. The van der Waals surface area contributed by atoms with Crippen LogP contribution in [0, 0.1) is 0 Å². The first-order valence-corrected chi connectivity index (χ1v) is 4.86. The Morgan fingerprint density at radius 2 is 2.00 bits per heavy atom. The first kappa shape index (κ1) is 9.86. The molecule has 0 saturated heterocycles. The summed E-state index contributed by atoms with van der Waals surface area (Å²) in [5.74, 6) is 0.756. The van der Waals surface area contributed by atoms with Gasteiger partial charge in [-0.3, -0.25) is 0 Å². The van der Waals surface area contributed by atoms with Crippen LogP contribution >= 0.6 is 0 Å². The summed E-state index contributed by atoms with van der Waals surface area (Å²) in [4.78, 5) is 4.03. The summed E-state index contributed by atoms with van der Waals surface area (Å²) >= 11 is 0. The molecule has 1 N–H and O–H groups in total. The van der Waals surface area contributed by atoms with Gasteiger partial charge in [0.25, 0.3) is 5.89 Å². The highest BCUT2D eigenvalue weighted by Crippen LogP contribution is 2.16. The normalized spacial score (nSPS) is 10.5. The van der Waals surface area contributed by atoms with Gasteiger partial charge >= 0.3 is 0 Å². The molecule has 0 unspecified atom stereocenters. The van der Waals surface area contributed by atoms with Crippen molar-refractivity contribution in [2.45, 2.75) is 20.0 Å². The highest BCUT2D eigenvalue weighted by molar-refractivity contribution is 5.54. The van der Waals surface area contributed by atoms with Crippen LogP contribution in [-0.2, 0) is 13.0 Å². The van der Waals surface area contributed by atoms with Gasteiger partial charge < -0.3 is 9.63 Å². The summed E-state index contributed by atoms with van der Waals surface area (Å²) in [6, 6.07) is 7.96. The van der Waals surface area contributed by atoms with Gasteiger partial charge in [-0.1, -0.05) is 36.3 Å². The van der Waals surface area contributed by atoms with Crippen LogP contribution in [0.2, 0.25) is 0 Å². The predicted molar refractivity (Wildman–Crippen MR) is 55.0 cm³/mol. The molecule has 0 aliphatic rings. The molecular formula is C11H12N2O2. The molecule has 0 aliphatic heterocycles. The highest BCUT2D eigenvalue weighted by Gasteiger charge is 2.06. The van der Waals surface area contributed by atoms with Gasteiger partial charge in [0.15, 0.2) is 0 Å². The van der Waals surface area contributed by atoms with Crippen molar-refractivity contribution in [3.8, 4) is 11.4 Å². The van der Waals surface area contributed by atoms with Crippen LogP contribution < -0.4 is 0 Å². The average Bonchev–Trinajstić information content (AvgIpc) is 2.78. The number of hydrogen-bond donors (Lipinski definition) is 1.